The minimum Gasteiger partial charge on any atom is -0.513 e. The highest BCUT2D eigenvalue weighted by molar-refractivity contribution is 9.10. The summed E-state index contributed by atoms with van der Waals surface area (Å²) in [4.78, 5) is 3.21. The summed E-state index contributed by atoms with van der Waals surface area (Å²) in [7, 11) is 0. The van der Waals surface area contributed by atoms with Crippen LogP contribution >= 0.6 is 15.9 Å². The highest BCUT2D eigenvalue weighted by Crippen LogP contribution is 2.23. The second-order valence-corrected chi connectivity index (χ2v) is 4.49. The van der Waals surface area contributed by atoms with Crippen molar-refractivity contribution in [3.63, 3.8) is 0 Å². The standard InChI is InChI=1S/C12H12BrNO/c1-8(15)2-3-9-7-14-12-5-4-10(13)6-11(9)12/h4-7,14-15H,1-3H2. The Hall–Kier alpha value is -1.22. The highest BCUT2D eigenvalue weighted by atomic mass is 79.9. The lowest BCUT2D eigenvalue weighted by Gasteiger charge is -1.98. The van der Waals surface area contributed by atoms with Crippen LogP contribution in [0.1, 0.15) is 12.0 Å². The number of nitrogens with one attached hydrogen (secondary N) is 1. The average molecular weight is 266 g/mol. The van der Waals surface area contributed by atoms with Crippen molar-refractivity contribution < 1.29 is 5.11 Å². The molecule has 0 unspecified atom stereocenters. The van der Waals surface area contributed by atoms with Crippen LogP contribution in [0.3, 0.4) is 0 Å². The van der Waals surface area contributed by atoms with Crippen LogP contribution in [0, 0.1) is 0 Å². The summed E-state index contributed by atoms with van der Waals surface area (Å²) < 4.78 is 1.07. The summed E-state index contributed by atoms with van der Waals surface area (Å²) in [6.45, 7) is 3.49. The van der Waals surface area contributed by atoms with Crippen molar-refractivity contribution >= 4 is 26.8 Å². The van der Waals surface area contributed by atoms with Gasteiger partial charge in [0.1, 0.15) is 0 Å². The van der Waals surface area contributed by atoms with E-state index >= 15 is 0 Å². The van der Waals surface area contributed by atoms with Crippen LogP contribution in [0.4, 0.5) is 0 Å². The zero-order chi connectivity index (χ0) is 10.8. The van der Waals surface area contributed by atoms with Crippen LogP contribution < -0.4 is 0 Å². The molecule has 0 radical (unpaired) electrons. The fraction of sp³-hybridized carbons (Fsp3) is 0.167. The van der Waals surface area contributed by atoms with Gasteiger partial charge in [0.25, 0.3) is 0 Å². The Balaban J connectivity index is 2.35. The van der Waals surface area contributed by atoms with Crippen LogP contribution in [0.2, 0.25) is 0 Å². The molecule has 0 spiro atoms. The van der Waals surface area contributed by atoms with E-state index in [0.717, 1.165) is 16.4 Å². The third kappa shape index (κ3) is 2.23. The first-order valence-corrected chi connectivity index (χ1v) is 5.58. The number of fused-ring (bicyclic) bond motifs is 1. The number of aliphatic hydroxyl groups is 1. The van der Waals surface area contributed by atoms with Crippen molar-refractivity contribution in [2.24, 2.45) is 0 Å². The normalized spacial score (nSPS) is 10.7. The van der Waals surface area contributed by atoms with Gasteiger partial charge in [-0.05, 0) is 30.2 Å². The average Bonchev–Trinajstić information content (AvgIpc) is 2.57. The van der Waals surface area contributed by atoms with Crippen molar-refractivity contribution in [2.45, 2.75) is 12.8 Å². The summed E-state index contributed by atoms with van der Waals surface area (Å²) in [6, 6.07) is 6.13. The number of H-pyrrole nitrogens is 1. The van der Waals surface area contributed by atoms with E-state index < -0.39 is 0 Å². The van der Waals surface area contributed by atoms with E-state index in [-0.39, 0.29) is 5.76 Å². The van der Waals surface area contributed by atoms with Gasteiger partial charge in [0.05, 0.1) is 5.76 Å². The van der Waals surface area contributed by atoms with Gasteiger partial charge >= 0.3 is 0 Å². The summed E-state index contributed by atoms with van der Waals surface area (Å²) in [6.07, 6.45) is 3.41. The first-order chi connectivity index (χ1) is 7.16. The predicted octanol–water partition coefficient (Wildman–Crippen LogP) is 3.93. The zero-order valence-electron chi connectivity index (χ0n) is 8.26. The van der Waals surface area contributed by atoms with Crippen molar-refractivity contribution in [3.05, 3.63) is 46.8 Å². The molecule has 0 atom stereocenters. The number of hydrogen-bond donors (Lipinski definition) is 2. The molecule has 3 heteroatoms. The van der Waals surface area contributed by atoms with Crippen LogP contribution in [0.15, 0.2) is 41.2 Å². The second-order valence-electron chi connectivity index (χ2n) is 3.57. The van der Waals surface area contributed by atoms with Crippen molar-refractivity contribution in [1.82, 2.24) is 4.98 Å². The van der Waals surface area contributed by atoms with Gasteiger partial charge in [-0.1, -0.05) is 22.5 Å². The van der Waals surface area contributed by atoms with Crippen molar-refractivity contribution in [1.29, 1.82) is 0 Å². The van der Waals surface area contributed by atoms with Gasteiger partial charge in [0.15, 0.2) is 0 Å². The molecule has 78 valence electrons. The van der Waals surface area contributed by atoms with Gasteiger partial charge in [-0.2, -0.15) is 0 Å². The van der Waals surface area contributed by atoms with E-state index in [2.05, 4.69) is 33.6 Å². The highest BCUT2D eigenvalue weighted by Gasteiger charge is 2.04. The number of halogens is 1. The first kappa shape index (κ1) is 10.3. The molecule has 0 bridgehead atoms. The third-order valence-corrected chi connectivity index (χ3v) is 2.91. The Bertz CT molecular complexity index is 501. The second kappa shape index (κ2) is 4.11. The minimum atomic E-state index is 0.236. The fourth-order valence-electron chi connectivity index (χ4n) is 1.64. The Morgan fingerprint density at radius 2 is 2.27 bits per heavy atom. The number of hydrogen-bond acceptors (Lipinski definition) is 1. The van der Waals surface area contributed by atoms with Gasteiger partial charge in [0, 0.05) is 28.0 Å². The van der Waals surface area contributed by atoms with Gasteiger partial charge in [0.2, 0.25) is 0 Å². The Kier molecular flexibility index (Phi) is 2.82. The number of aromatic amines is 1. The number of rotatable bonds is 3. The Morgan fingerprint density at radius 1 is 1.47 bits per heavy atom. The Morgan fingerprint density at radius 3 is 3.00 bits per heavy atom. The SMILES string of the molecule is C=C(O)CCc1c[nH]c2ccc(Br)cc12. The monoisotopic (exact) mass is 265 g/mol. The number of aromatic nitrogens is 1. The molecule has 0 saturated carbocycles. The molecule has 0 aliphatic heterocycles. The predicted molar refractivity (Wildman–Crippen MR) is 66.1 cm³/mol. The molecule has 0 saturated heterocycles. The molecular formula is C12H12BrNO. The quantitative estimate of drug-likeness (QED) is 0.811. The van der Waals surface area contributed by atoms with E-state index in [4.69, 9.17) is 5.11 Å². The van der Waals surface area contributed by atoms with Crippen LogP contribution in [0.5, 0.6) is 0 Å². The van der Waals surface area contributed by atoms with E-state index in [1.165, 1.54) is 10.9 Å². The minimum absolute atomic E-state index is 0.236. The molecule has 2 rings (SSSR count). The molecule has 1 aromatic carbocycles. The van der Waals surface area contributed by atoms with Gasteiger partial charge in [-0.3, -0.25) is 0 Å². The van der Waals surface area contributed by atoms with Gasteiger partial charge in [-0.25, -0.2) is 0 Å². The van der Waals surface area contributed by atoms with E-state index in [0.29, 0.717) is 6.42 Å². The molecule has 15 heavy (non-hydrogen) atoms. The molecule has 0 fully saturated rings. The first-order valence-electron chi connectivity index (χ1n) is 4.79. The number of allylic oxidation sites excluding steroid dienone is 1. The molecule has 0 aliphatic rings. The summed E-state index contributed by atoms with van der Waals surface area (Å²) in [5.41, 5.74) is 2.33. The van der Waals surface area contributed by atoms with E-state index in [1.807, 2.05) is 18.3 Å². The molecular weight excluding hydrogens is 254 g/mol. The van der Waals surface area contributed by atoms with Crippen molar-refractivity contribution in [3.8, 4) is 0 Å². The lowest BCUT2D eigenvalue weighted by molar-refractivity contribution is 0.391. The summed E-state index contributed by atoms with van der Waals surface area (Å²) in [5.74, 6) is 0.236. The molecule has 2 nitrogen and oxygen atoms in total. The maximum atomic E-state index is 9.06. The third-order valence-electron chi connectivity index (χ3n) is 2.41. The van der Waals surface area contributed by atoms with Gasteiger partial charge < -0.3 is 10.1 Å². The number of aryl methyl sites for hydroxylation is 1. The topological polar surface area (TPSA) is 36.0 Å². The molecule has 1 heterocycles. The zero-order valence-corrected chi connectivity index (χ0v) is 9.84. The Labute approximate surface area is 96.8 Å². The molecule has 2 aromatic rings. The van der Waals surface area contributed by atoms with Gasteiger partial charge in [-0.15, -0.1) is 0 Å². The molecule has 1 aromatic heterocycles. The van der Waals surface area contributed by atoms with E-state index in [9.17, 15) is 0 Å². The summed E-state index contributed by atoms with van der Waals surface area (Å²) >= 11 is 3.45. The fourth-order valence-corrected chi connectivity index (χ4v) is 2.00. The lowest BCUT2D eigenvalue weighted by atomic mass is 10.1. The van der Waals surface area contributed by atoms with Crippen molar-refractivity contribution in [2.75, 3.05) is 0 Å². The largest absolute Gasteiger partial charge is 0.513 e. The smallest absolute Gasteiger partial charge is 0.0854 e. The van der Waals surface area contributed by atoms with E-state index in [1.54, 1.807) is 0 Å². The lowest BCUT2D eigenvalue weighted by Crippen LogP contribution is -1.85. The van der Waals surface area contributed by atoms with Crippen LogP contribution in [0.25, 0.3) is 10.9 Å². The maximum absolute atomic E-state index is 9.06. The maximum Gasteiger partial charge on any atom is 0.0854 e. The summed E-state index contributed by atoms with van der Waals surface area (Å²) in [5, 5.41) is 10.3. The number of aliphatic hydroxyl groups excluding tert-OH is 1. The number of benzene rings is 1. The molecule has 0 aliphatic carbocycles. The molecule has 0 amide bonds. The molecule has 2 N–H and O–H groups in total. The van der Waals surface area contributed by atoms with Crippen LogP contribution in [-0.2, 0) is 6.42 Å². The van der Waals surface area contributed by atoms with Crippen LogP contribution in [-0.4, -0.2) is 10.1 Å².